The summed E-state index contributed by atoms with van der Waals surface area (Å²) in [5, 5.41) is 0. The Balaban J connectivity index is 2.55. The Kier molecular flexibility index (Phi) is 3.76. The minimum Gasteiger partial charge on any atom is -0.397 e. The Labute approximate surface area is 122 Å². The second-order valence-electron chi connectivity index (χ2n) is 5.71. The van der Waals surface area contributed by atoms with E-state index < -0.39 is 0 Å². The molecule has 0 aromatic heterocycles. The van der Waals surface area contributed by atoms with Gasteiger partial charge in [0.15, 0.2) is 0 Å². The van der Waals surface area contributed by atoms with E-state index in [1.54, 1.807) is 0 Å². The maximum atomic E-state index is 6.20. The summed E-state index contributed by atoms with van der Waals surface area (Å²) in [6.07, 6.45) is 0. The highest BCUT2D eigenvalue weighted by atomic mass is 15.1. The largest absolute Gasteiger partial charge is 0.397 e. The number of anilines is 3. The molecule has 0 fully saturated rings. The predicted octanol–water partition coefficient (Wildman–Crippen LogP) is 4.58. The van der Waals surface area contributed by atoms with Gasteiger partial charge in [-0.15, -0.1) is 0 Å². The summed E-state index contributed by atoms with van der Waals surface area (Å²) in [6.45, 7) is 10.7. The van der Waals surface area contributed by atoms with Crippen molar-refractivity contribution in [2.45, 2.75) is 34.6 Å². The molecule has 0 aliphatic rings. The average molecular weight is 268 g/mol. The zero-order valence-corrected chi connectivity index (χ0v) is 13.3. The molecule has 0 heterocycles. The van der Waals surface area contributed by atoms with Crippen LogP contribution >= 0.6 is 0 Å². The Morgan fingerprint density at radius 2 is 1.35 bits per heavy atom. The van der Waals surface area contributed by atoms with E-state index in [0.29, 0.717) is 0 Å². The van der Waals surface area contributed by atoms with E-state index in [2.05, 4.69) is 70.8 Å². The number of aryl methyl sites for hydroxylation is 3. The molecule has 0 aliphatic carbocycles. The normalized spacial score (nSPS) is 10.7. The molecule has 106 valence electrons. The number of nitrogens with zero attached hydrogens (tertiary/aromatic N) is 1. The van der Waals surface area contributed by atoms with E-state index in [1.807, 2.05) is 0 Å². The van der Waals surface area contributed by atoms with Gasteiger partial charge in [-0.05, 0) is 80.6 Å². The second kappa shape index (κ2) is 5.20. The fourth-order valence-corrected chi connectivity index (χ4v) is 2.55. The predicted molar refractivity (Wildman–Crippen MR) is 89.0 cm³/mol. The fraction of sp³-hybridized carbons (Fsp3) is 0.333. The highest BCUT2D eigenvalue weighted by Gasteiger charge is 2.13. The lowest BCUT2D eigenvalue weighted by molar-refractivity contribution is 1.15. The topological polar surface area (TPSA) is 29.3 Å². The zero-order chi connectivity index (χ0) is 15.0. The number of hydrogen-bond donors (Lipinski definition) is 1. The van der Waals surface area contributed by atoms with Crippen LogP contribution in [-0.4, -0.2) is 7.05 Å². The number of hydrogen-bond acceptors (Lipinski definition) is 2. The molecule has 0 amide bonds. The van der Waals surface area contributed by atoms with Crippen molar-refractivity contribution < 1.29 is 0 Å². The molecule has 0 unspecified atom stereocenters. The van der Waals surface area contributed by atoms with Gasteiger partial charge in [0.1, 0.15) is 0 Å². The molecule has 0 spiro atoms. The molecule has 2 heteroatoms. The van der Waals surface area contributed by atoms with Crippen LogP contribution in [0, 0.1) is 34.6 Å². The monoisotopic (exact) mass is 268 g/mol. The first-order valence-corrected chi connectivity index (χ1v) is 7.00. The lowest BCUT2D eigenvalue weighted by atomic mass is 10.0. The summed E-state index contributed by atoms with van der Waals surface area (Å²) in [5.74, 6) is 0. The molecule has 2 nitrogen and oxygen atoms in total. The molecular formula is C18H24N2. The van der Waals surface area contributed by atoms with Crippen LogP contribution in [0.1, 0.15) is 27.8 Å². The first kappa shape index (κ1) is 14.4. The van der Waals surface area contributed by atoms with Gasteiger partial charge < -0.3 is 10.6 Å². The standard InChI is InChI=1S/C18H24N2/c1-11-7-8-17(15(5)14(11)4)20(6)18-10-13(3)12(2)9-16(18)19/h7-10H,19H2,1-6H3. The van der Waals surface area contributed by atoms with Crippen LogP contribution in [0.5, 0.6) is 0 Å². The van der Waals surface area contributed by atoms with E-state index in [-0.39, 0.29) is 0 Å². The number of nitrogen functional groups attached to an aromatic ring is 1. The van der Waals surface area contributed by atoms with Gasteiger partial charge in [-0.25, -0.2) is 0 Å². The van der Waals surface area contributed by atoms with E-state index in [0.717, 1.165) is 11.4 Å². The maximum Gasteiger partial charge on any atom is 0.0644 e. The molecule has 0 aliphatic heterocycles. The Hall–Kier alpha value is -1.96. The van der Waals surface area contributed by atoms with Crippen molar-refractivity contribution in [3.63, 3.8) is 0 Å². The second-order valence-corrected chi connectivity index (χ2v) is 5.71. The fourth-order valence-electron chi connectivity index (χ4n) is 2.55. The van der Waals surface area contributed by atoms with E-state index in [9.17, 15) is 0 Å². The van der Waals surface area contributed by atoms with Gasteiger partial charge in [-0.2, -0.15) is 0 Å². The van der Waals surface area contributed by atoms with Crippen LogP contribution in [0.25, 0.3) is 0 Å². The van der Waals surface area contributed by atoms with Gasteiger partial charge in [0.05, 0.1) is 11.4 Å². The molecule has 2 N–H and O–H groups in total. The molecule has 0 radical (unpaired) electrons. The van der Waals surface area contributed by atoms with Crippen LogP contribution in [0.4, 0.5) is 17.1 Å². The smallest absolute Gasteiger partial charge is 0.0644 e. The third-order valence-corrected chi connectivity index (χ3v) is 4.40. The number of nitrogens with two attached hydrogens (primary N) is 1. The minimum absolute atomic E-state index is 0.827. The summed E-state index contributed by atoms with van der Waals surface area (Å²) in [5.41, 5.74) is 15.8. The third kappa shape index (κ3) is 2.38. The SMILES string of the molecule is Cc1cc(N)c(N(C)c2ccc(C)c(C)c2C)cc1C. The van der Waals surface area contributed by atoms with Crippen molar-refractivity contribution in [2.24, 2.45) is 0 Å². The van der Waals surface area contributed by atoms with Crippen LogP contribution < -0.4 is 10.6 Å². The highest BCUT2D eigenvalue weighted by Crippen LogP contribution is 2.34. The number of rotatable bonds is 2. The molecule has 0 saturated heterocycles. The van der Waals surface area contributed by atoms with Crippen molar-refractivity contribution in [1.82, 2.24) is 0 Å². The highest BCUT2D eigenvalue weighted by molar-refractivity contribution is 5.77. The van der Waals surface area contributed by atoms with Crippen molar-refractivity contribution >= 4 is 17.1 Å². The van der Waals surface area contributed by atoms with Crippen LogP contribution in [0.15, 0.2) is 24.3 Å². The third-order valence-electron chi connectivity index (χ3n) is 4.40. The molecule has 0 bridgehead atoms. The van der Waals surface area contributed by atoms with Crippen molar-refractivity contribution in [3.05, 3.63) is 52.1 Å². The Morgan fingerprint density at radius 1 is 0.750 bits per heavy atom. The number of benzene rings is 2. The van der Waals surface area contributed by atoms with Crippen LogP contribution in [0.3, 0.4) is 0 Å². The van der Waals surface area contributed by atoms with Gasteiger partial charge in [0.2, 0.25) is 0 Å². The molecule has 2 rings (SSSR count). The Morgan fingerprint density at radius 3 is 2.00 bits per heavy atom. The van der Waals surface area contributed by atoms with Crippen LogP contribution in [-0.2, 0) is 0 Å². The molecule has 0 atom stereocenters. The summed E-state index contributed by atoms with van der Waals surface area (Å²) >= 11 is 0. The molecule has 20 heavy (non-hydrogen) atoms. The van der Waals surface area contributed by atoms with E-state index in [4.69, 9.17) is 5.73 Å². The lowest BCUT2D eigenvalue weighted by Gasteiger charge is -2.25. The van der Waals surface area contributed by atoms with Gasteiger partial charge in [-0.3, -0.25) is 0 Å². The van der Waals surface area contributed by atoms with Gasteiger partial charge >= 0.3 is 0 Å². The van der Waals surface area contributed by atoms with Crippen LogP contribution in [0.2, 0.25) is 0 Å². The summed E-state index contributed by atoms with van der Waals surface area (Å²) in [4.78, 5) is 2.18. The first-order valence-electron chi connectivity index (χ1n) is 7.00. The zero-order valence-electron chi connectivity index (χ0n) is 13.3. The molecular weight excluding hydrogens is 244 g/mol. The van der Waals surface area contributed by atoms with E-state index in [1.165, 1.54) is 33.5 Å². The van der Waals surface area contributed by atoms with Gasteiger partial charge in [0, 0.05) is 12.7 Å². The molecule has 2 aromatic carbocycles. The van der Waals surface area contributed by atoms with E-state index >= 15 is 0 Å². The summed E-state index contributed by atoms with van der Waals surface area (Å²) in [7, 11) is 2.08. The first-order chi connectivity index (χ1) is 9.32. The van der Waals surface area contributed by atoms with Crippen molar-refractivity contribution in [2.75, 3.05) is 17.7 Å². The van der Waals surface area contributed by atoms with Crippen molar-refractivity contribution in [1.29, 1.82) is 0 Å². The molecule has 2 aromatic rings. The Bertz CT molecular complexity index is 655. The van der Waals surface area contributed by atoms with Gasteiger partial charge in [-0.1, -0.05) is 6.07 Å². The van der Waals surface area contributed by atoms with Gasteiger partial charge in [0.25, 0.3) is 0 Å². The summed E-state index contributed by atoms with van der Waals surface area (Å²) < 4.78 is 0. The lowest BCUT2D eigenvalue weighted by Crippen LogP contribution is -2.14. The molecule has 0 saturated carbocycles. The quantitative estimate of drug-likeness (QED) is 0.808. The van der Waals surface area contributed by atoms with Crippen molar-refractivity contribution in [3.8, 4) is 0 Å². The average Bonchev–Trinajstić information content (AvgIpc) is 2.40. The maximum absolute atomic E-state index is 6.20. The minimum atomic E-state index is 0.827. The summed E-state index contributed by atoms with van der Waals surface area (Å²) in [6, 6.07) is 8.56.